The van der Waals surface area contributed by atoms with Crippen LogP contribution in [0.3, 0.4) is 0 Å². The van der Waals surface area contributed by atoms with Gasteiger partial charge in [-0.1, -0.05) is 29.8 Å². The minimum atomic E-state index is -0.276. The van der Waals surface area contributed by atoms with Gasteiger partial charge in [0.25, 0.3) is 5.91 Å². The molecule has 4 rings (SSSR count). The molecule has 1 amide bonds. The standard InChI is InChI=1S/C20H18ClN3O2/c21-14-6-8-15(9-7-14)26-19-17-11-10-16(24(17)12-22)18(19)23-20(25)13-4-2-1-3-5-13/h1-9,16-19H,10-11H2,(H,23,25)/t16-,17+,18-,19?/m1/s1. The largest absolute Gasteiger partial charge is 0.486 e. The second kappa shape index (κ2) is 6.89. The zero-order valence-electron chi connectivity index (χ0n) is 14.0. The predicted molar refractivity (Wildman–Crippen MR) is 97.8 cm³/mol. The molecule has 0 aromatic heterocycles. The first-order valence-corrected chi connectivity index (χ1v) is 9.01. The summed E-state index contributed by atoms with van der Waals surface area (Å²) >= 11 is 5.94. The van der Waals surface area contributed by atoms with Crippen LogP contribution >= 0.6 is 11.6 Å². The van der Waals surface area contributed by atoms with Crippen LogP contribution in [0.5, 0.6) is 5.75 Å². The average Bonchev–Trinajstić information content (AvgIpc) is 3.20. The van der Waals surface area contributed by atoms with Crippen LogP contribution in [0.25, 0.3) is 0 Å². The van der Waals surface area contributed by atoms with Crippen LogP contribution in [0.2, 0.25) is 5.02 Å². The highest BCUT2D eigenvalue weighted by Gasteiger charge is 2.55. The number of benzene rings is 2. The van der Waals surface area contributed by atoms with Crippen LogP contribution in [-0.2, 0) is 0 Å². The molecule has 6 heteroatoms. The molecule has 2 bridgehead atoms. The number of hydrogen-bond donors (Lipinski definition) is 1. The predicted octanol–water partition coefficient (Wildman–Crippen LogP) is 3.21. The van der Waals surface area contributed by atoms with E-state index < -0.39 is 0 Å². The van der Waals surface area contributed by atoms with E-state index in [1.54, 1.807) is 41.3 Å². The van der Waals surface area contributed by atoms with Crippen molar-refractivity contribution >= 4 is 17.5 Å². The SMILES string of the molecule is N#CN1[C@@H]2CC[C@H]1C(Oc1ccc(Cl)cc1)[C@@H]2NC(=O)c1ccccc1. The fourth-order valence-electron chi connectivity index (χ4n) is 3.97. The van der Waals surface area contributed by atoms with Gasteiger partial charge in [0.15, 0.2) is 6.19 Å². The maximum atomic E-state index is 12.6. The van der Waals surface area contributed by atoms with Crippen molar-refractivity contribution < 1.29 is 9.53 Å². The lowest BCUT2D eigenvalue weighted by Gasteiger charge is -2.29. The van der Waals surface area contributed by atoms with Gasteiger partial charge >= 0.3 is 0 Å². The second-order valence-corrected chi connectivity index (χ2v) is 7.06. The molecule has 2 aliphatic rings. The van der Waals surface area contributed by atoms with Gasteiger partial charge in [-0.2, -0.15) is 5.26 Å². The third kappa shape index (κ3) is 2.97. The van der Waals surface area contributed by atoms with Gasteiger partial charge in [-0.05, 0) is 49.2 Å². The van der Waals surface area contributed by atoms with Crippen LogP contribution < -0.4 is 10.1 Å². The maximum absolute atomic E-state index is 12.6. The van der Waals surface area contributed by atoms with Crippen LogP contribution in [0, 0.1) is 11.5 Å². The molecule has 0 aliphatic carbocycles. The Labute approximate surface area is 157 Å². The summed E-state index contributed by atoms with van der Waals surface area (Å²) in [5.41, 5.74) is 0.601. The fraction of sp³-hybridized carbons (Fsp3) is 0.300. The molecule has 2 aromatic rings. The van der Waals surface area contributed by atoms with Crippen molar-refractivity contribution in [2.24, 2.45) is 0 Å². The molecule has 1 unspecified atom stereocenters. The van der Waals surface area contributed by atoms with Gasteiger partial charge < -0.3 is 10.1 Å². The fourth-order valence-corrected chi connectivity index (χ4v) is 4.10. The van der Waals surface area contributed by atoms with Gasteiger partial charge in [-0.3, -0.25) is 9.69 Å². The monoisotopic (exact) mass is 367 g/mol. The van der Waals surface area contributed by atoms with E-state index in [2.05, 4.69) is 11.5 Å². The van der Waals surface area contributed by atoms with E-state index in [1.807, 2.05) is 18.2 Å². The summed E-state index contributed by atoms with van der Waals surface area (Å²) in [5.74, 6) is 0.537. The number of fused-ring (bicyclic) bond motifs is 2. The Morgan fingerprint density at radius 1 is 1.12 bits per heavy atom. The Kier molecular flexibility index (Phi) is 4.44. The Morgan fingerprint density at radius 2 is 1.81 bits per heavy atom. The highest BCUT2D eigenvalue weighted by molar-refractivity contribution is 6.30. The number of carbonyl (C=O) groups excluding carboxylic acids is 1. The molecular formula is C20H18ClN3O2. The Bertz CT molecular complexity index is 834. The second-order valence-electron chi connectivity index (χ2n) is 6.62. The molecular weight excluding hydrogens is 350 g/mol. The van der Waals surface area contributed by atoms with Crippen LogP contribution in [0.15, 0.2) is 54.6 Å². The molecule has 1 N–H and O–H groups in total. The van der Waals surface area contributed by atoms with Crippen LogP contribution in [0.1, 0.15) is 23.2 Å². The molecule has 0 spiro atoms. The zero-order valence-corrected chi connectivity index (χ0v) is 14.8. The third-order valence-corrected chi connectivity index (χ3v) is 5.41. The van der Waals surface area contributed by atoms with E-state index in [0.29, 0.717) is 16.3 Å². The number of nitrogens with zero attached hydrogens (tertiary/aromatic N) is 2. The number of ether oxygens (including phenoxy) is 1. The van der Waals surface area contributed by atoms with Crippen molar-refractivity contribution in [3.8, 4) is 11.9 Å². The van der Waals surface area contributed by atoms with Crippen molar-refractivity contribution in [3.63, 3.8) is 0 Å². The molecule has 5 nitrogen and oxygen atoms in total. The molecule has 132 valence electrons. The summed E-state index contributed by atoms with van der Waals surface area (Å²) in [4.78, 5) is 14.4. The smallest absolute Gasteiger partial charge is 0.251 e. The van der Waals surface area contributed by atoms with Crippen molar-refractivity contribution in [2.75, 3.05) is 0 Å². The van der Waals surface area contributed by atoms with Gasteiger partial charge in [-0.15, -0.1) is 0 Å². The van der Waals surface area contributed by atoms with E-state index in [-0.39, 0.29) is 30.1 Å². The summed E-state index contributed by atoms with van der Waals surface area (Å²) in [6, 6.07) is 15.9. The summed E-state index contributed by atoms with van der Waals surface area (Å²) in [7, 11) is 0. The minimum absolute atomic E-state index is 0.0262. The summed E-state index contributed by atoms with van der Waals surface area (Å²) < 4.78 is 6.18. The number of carbonyl (C=O) groups is 1. The molecule has 2 aromatic carbocycles. The first kappa shape index (κ1) is 16.7. The van der Waals surface area contributed by atoms with E-state index >= 15 is 0 Å². The number of nitrogens with one attached hydrogen (secondary N) is 1. The quantitative estimate of drug-likeness (QED) is 0.843. The molecule has 4 atom stereocenters. The van der Waals surface area contributed by atoms with Crippen LogP contribution in [0.4, 0.5) is 0 Å². The first-order valence-electron chi connectivity index (χ1n) is 8.63. The lowest BCUT2D eigenvalue weighted by Crippen LogP contribution is -2.52. The normalized spacial score (nSPS) is 26.4. The highest BCUT2D eigenvalue weighted by Crippen LogP contribution is 2.39. The van der Waals surface area contributed by atoms with Crippen molar-refractivity contribution in [1.29, 1.82) is 5.26 Å². The molecule has 0 radical (unpaired) electrons. The molecule has 26 heavy (non-hydrogen) atoms. The maximum Gasteiger partial charge on any atom is 0.251 e. The Morgan fingerprint density at radius 3 is 2.50 bits per heavy atom. The number of rotatable bonds is 4. The Balaban J connectivity index is 1.57. The third-order valence-electron chi connectivity index (χ3n) is 5.16. The van der Waals surface area contributed by atoms with Gasteiger partial charge in [0.05, 0.1) is 18.1 Å². The minimum Gasteiger partial charge on any atom is -0.486 e. The number of hydrogen-bond acceptors (Lipinski definition) is 4. The van der Waals surface area contributed by atoms with E-state index in [1.165, 1.54) is 0 Å². The van der Waals surface area contributed by atoms with E-state index in [4.69, 9.17) is 16.3 Å². The molecule has 2 aliphatic heterocycles. The van der Waals surface area contributed by atoms with E-state index in [9.17, 15) is 10.1 Å². The van der Waals surface area contributed by atoms with Crippen LogP contribution in [-0.4, -0.2) is 35.0 Å². The molecule has 2 saturated heterocycles. The number of amides is 1. The summed E-state index contributed by atoms with van der Waals surface area (Å²) in [5, 5.41) is 13.3. The zero-order chi connectivity index (χ0) is 18.1. The van der Waals surface area contributed by atoms with Crippen molar-refractivity contribution in [2.45, 2.75) is 37.1 Å². The first-order chi connectivity index (χ1) is 12.7. The summed E-state index contributed by atoms with van der Waals surface area (Å²) in [6.07, 6.45) is 3.76. The van der Waals surface area contributed by atoms with Crippen molar-refractivity contribution in [3.05, 3.63) is 65.2 Å². The van der Waals surface area contributed by atoms with Gasteiger partial charge in [0, 0.05) is 10.6 Å². The van der Waals surface area contributed by atoms with E-state index in [0.717, 1.165) is 12.8 Å². The number of nitriles is 1. The average molecular weight is 368 g/mol. The molecule has 2 fully saturated rings. The van der Waals surface area contributed by atoms with Gasteiger partial charge in [0.1, 0.15) is 11.9 Å². The molecule has 0 saturated carbocycles. The van der Waals surface area contributed by atoms with Gasteiger partial charge in [0.2, 0.25) is 0 Å². The lowest BCUT2D eigenvalue weighted by molar-refractivity contribution is 0.0849. The Hall–Kier alpha value is -2.71. The lowest BCUT2D eigenvalue weighted by atomic mass is 9.92. The van der Waals surface area contributed by atoms with Crippen molar-refractivity contribution in [1.82, 2.24) is 10.2 Å². The van der Waals surface area contributed by atoms with Gasteiger partial charge in [-0.25, -0.2) is 0 Å². The summed E-state index contributed by atoms with van der Waals surface area (Å²) in [6.45, 7) is 0. The molecule has 2 heterocycles. The number of halogens is 1. The topological polar surface area (TPSA) is 65.4 Å². The highest BCUT2D eigenvalue weighted by atomic mass is 35.5.